The second kappa shape index (κ2) is 7.78. The third-order valence-electron chi connectivity index (χ3n) is 6.64. The van der Waals surface area contributed by atoms with Crippen molar-refractivity contribution in [1.82, 2.24) is 19.5 Å². The van der Waals surface area contributed by atoms with Gasteiger partial charge >= 0.3 is 0 Å². The number of aryl methyl sites for hydroxylation is 1. The minimum absolute atomic E-state index is 0.0993. The molecule has 1 amide bonds. The van der Waals surface area contributed by atoms with E-state index in [1.165, 1.54) is 0 Å². The molecular weight excluding hydrogens is 454 g/mol. The van der Waals surface area contributed by atoms with E-state index >= 15 is 0 Å². The number of hydrogen-bond acceptors (Lipinski definition) is 5. The Kier molecular flexibility index (Phi) is 4.65. The average Bonchev–Trinajstić information content (AvgIpc) is 3.23. The molecule has 0 unspecified atom stereocenters. The Bertz CT molecular complexity index is 1930. The fourth-order valence-electron chi connectivity index (χ4n) is 4.99. The van der Waals surface area contributed by atoms with Crippen LogP contribution in [0.1, 0.15) is 21.7 Å². The lowest BCUT2D eigenvalue weighted by Gasteiger charge is -2.16. The van der Waals surface area contributed by atoms with Crippen LogP contribution < -0.4 is 11.3 Å². The molecule has 0 spiro atoms. The second-order valence-corrected chi connectivity index (χ2v) is 8.78. The molecule has 6 rings (SSSR count). The molecule has 0 saturated heterocycles. The number of carbonyl (C=O) groups is 1. The summed E-state index contributed by atoms with van der Waals surface area (Å²) in [7, 11) is 0. The number of phenols is 1. The highest BCUT2D eigenvalue weighted by Gasteiger charge is 2.22. The van der Waals surface area contributed by atoms with Gasteiger partial charge in [-0.15, -0.1) is 0 Å². The molecule has 3 aromatic heterocycles. The van der Waals surface area contributed by atoms with Crippen LogP contribution in [0, 0.1) is 13.8 Å². The lowest BCUT2D eigenvalue weighted by molar-refractivity contribution is 0.0997. The maximum Gasteiger partial charge on any atom is 0.269 e. The van der Waals surface area contributed by atoms with Crippen LogP contribution >= 0.6 is 0 Å². The first-order valence-corrected chi connectivity index (χ1v) is 11.4. The Hall–Kier alpha value is -4.98. The topological polar surface area (TPSA) is 127 Å². The highest BCUT2D eigenvalue weighted by atomic mass is 16.3. The molecule has 8 heteroatoms. The molecule has 176 valence electrons. The maximum atomic E-state index is 13.3. The van der Waals surface area contributed by atoms with Crippen LogP contribution in [0.25, 0.3) is 49.5 Å². The van der Waals surface area contributed by atoms with E-state index in [1.54, 1.807) is 35.2 Å². The molecule has 0 atom stereocenters. The number of nitrogens with zero attached hydrogens (tertiary/aromatic N) is 3. The number of carbonyl (C=O) groups excluding carboxylic acids is 1. The van der Waals surface area contributed by atoms with E-state index in [4.69, 9.17) is 5.73 Å². The number of pyridine rings is 1. The van der Waals surface area contributed by atoms with Gasteiger partial charge in [-0.1, -0.05) is 24.3 Å². The van der Waals surface area contributed by atoms with E-state index in [0.29, 0.717) is 33.3 Å². The monoisotopic (exact) mass is 475 g/mol. The summed E-state index contributed by atoms with van der Waals surface area (Å²) >= 11 is 0. The highest BCUT2D eigenvalue weighted by Crippen LogP contribution is 2.40. The van der Waals surface area contributed by atoms with Crippen LogP contribution in [0.4, 0.5) is 0 Å². The van der Waals surface area contributed by atoms with Crippen molar-refractivity contribution in [2.24, 2.45) is 5.73 Å². The number of hydrogen-bond donors (Lipinski definition) is 3. The Labute approximate surface area is 204 Å². The number of nitrogens with two attached hydrogens (primary N) is 1. The quantitative estimate of drug-likeness (QED) is 0.347. The fraction of sp³-hybridized carbons (Fsp3) is 0.0714. The first kappa shape index (κ1) is 21.5. The van der Waals surface area contributed by atoms with E-state index in [0.717, 1.165) is 27.5 Å². The van der Waals surface area contributed by atoms with Gasteiger partial charge in [-0.2, -0.15) is 0 Å². The number of para-hydroxylation sites is 1. The Morgan fingerprint density at radius 1 is 1.03 bits per heavy atom. The fourth-order valence-corrected chi connectivity index (χ4v) is 4.99. The molecule has 8 nitrogen and oxygen atoms in total. The smallest absolute Gasteiger partial charge is 0.269 e. The largest absolute Gasteiger partial charge is 0.508 e. The van der Waals surface area contributed by atoms with Crippen molar-refractivity contribution < 1.29 is 9.90 Å². The Balaban J connectivity index is 1.69. The second-order valence-electron chi connectivity index (χ2n) is 8.78. The summed E-state index contributed by atoms with van der Waals surface area (Å²) < 4.78 is 1.55. The Morgan fingerprint density at radius 3 is 2.64 bits per heavy atom. The van der Waals surface area contributed by atoms with Crippen molar-refractivity contribution in [2.75, 3.05) is 0 Å². The van der Waals surface area contributed by atoms with Gasteiger partial charge in [0.2, 0.25) is 0 Å². The molecule has 36 heavy (non-hydrogen) atoms. The number of aromatic amines is 1. The molecule has 0 saturated carbocycles. The van der Waals surface area contributed by atoms with Gasteiger partial charge in [0.15, 0.2) is 5.69 Å². The van der Waals surface area contributed by atoms with Gasteiger partial charge in [0.1, 0.15) is 12.1 Å². The number of aromatic nitrogens is 4. The number of aromatic hydroxyl groups is 1. The first-order chi connectivity index (χ1) is 17.3. The summed E-state index contributed by atoms with van der Waals surface area (Å²) in [6, 6.07) is 18.0. The zero-order chi connectivity index (χ0) is 25.1. The number of nitrogens with one attached hydrogen (secondary N) is 1. The summed E-state index contributed by atoms with van der Waals surface area (Å²) in [6.45, 7) is 3.77. The van der Waals surface area contributed by atoms with E-state index in [-0.39, 0.29) is 17.0 Å². The molecule has 0 aliphatic rings. The van der Waals surface area contributed by atoms with E-state index < -0.39 is 5.91 Å². The zero-order valence-electron chi connectivity index (χ0n) is 19.5. The molecule has 6 aromatic rings. The molecule has 0 bridgehead atoms. The van der Waals surface area contributed by atoms with Gasteiger partial charge in [0, 0.05) is 28.1 Å². The molecule has 3 aromatic carbocycles. The van der Waals surface area contributed by atoms with Gasteiger partial charge in [0.25, 0.3) is 11.5 Å². The predicted octanol–water partition coefficient (Wildman–Crippen LogP) is 4.50. The summed E-state index contributed by atoms with van der Waals surface area (Å²) in [5.41, 5.74) is 11.3. The number of rotatable bonds is 3. The highest BCUT2D eigenvalue weighted by molar-refractivity contribution is 6.19. The lowest BCUT2D eigenvalue weighted by Crippen LogP contribution is -2.19. The van der Waals surface area contributed by atoms with Crippen LogP contribution in [0.3, 0.4) is 0 Å². The molecule has 0 aliphatic carbocycles. The third-order valence-corrected chi connectivity index (χ3v) is 6.64. The number of benzene rings is 3. The molecule has 0 radical (unpaired) electrons. The van der Waals surface area contributed by atoms with Crippen molar-refractivity contribution in [3.8, 4) is 22.6 Å². The third kappa shape index (κ3) is 3.08. The molecular formula is C28H21N5O3. The predicted molar refractivity (Wildman–Crippen MR) is 140 cm³/mol. The van der Waals surface area contributed by atoms with E-state index in [1.807, 2.05) is 50.2 Å². The number of H-pyrrole nitrogens is 1. The van der Waals surface area contributed by atoms with Crippen LogP contribution in [-0.4, -0.2) is 30.5 Å². The van der Waals surface area contributed by atoms with Gasteiger partial charge < -0.3 is 15.8 Å². The van der Waals surface area contributed by atoms with Crippen LogP contribution in [-0.2, 0) is 0 Å². The van der Waals surface area contributed by atoms with E-state index in [9.17, 15) is 14.7 Å². The number of amides is 1. The molecule has 4 N–H and O–H groups in total. The van der Waals surface area contributed by atoms with Crippen LogP contribution in [0.15, 0.2) is 71.8 Å². The van der Waals surface area contributed by atoms with Gasteiger partial charge in [-0.25, -0.2) is 9.97 Å². The molecule has 0 aliphatic heterocycles. The number of primary amides is 1. The SMILES string of the molecule is Cc1nc(C(N)=O)c2[nH]c3cc(O)ccc3c2c1-c1cccc(-n2cnc3ccccc3c2=O)c1C. The average molecular weight is 476 g/mol. The minimum Gasteiger partial charge on any atom is -0.508 e. The summed E-state index contributed by atoms with van der Waals surface area (Å²) in [5, 5.41) is 12.1. The molecule has 3 heterocycles. The number of fused-ring (bicyclic) bond motifs is 4. The summed E-state index contributed by atoms with van der Waals surface area (Å²) in [4.78, 5) is 37.8. The van der Waals surface area contributed by atoms with Gasteiger partial charge in [0.05, 0.1) is 27.6 Å². The summed E-state index contributed by atoms with van der Waals surface area (Å²) in [6.07, 6.45) is 1.54. The number of phenolic OH excluding ortho intramolecular Hbond substituents is 1. The zero-order valence-corrected chi connectivity index (χ0v) is 19.5. The van der Waals surface area contributed by atoms with Crippen LogP contribution in [0.5, 0.6) is 5.75 Å². The summed E-state index contributed by atoms with van der Waals surface area (Å²) in [5.74, 6) is -0.549. The standard InChI is InChI=1S/C28H21N5O3/c1-14-17(7-5-9-22(14)33-13-30-20-8-4-3-6-19(20)28(33)36)23-15(2)31-26(27(29)35)25-24(23)18-11-10-16(34)12-21(18)32-25/h3-13,32,34H,1-2H3,(H2,29,35). The van der Waals surface area contributed by atoms with E-state index in [2.05, 4.69) is 15.0 Å². The Morgan fingerprint density at radius 2 is 1.83 bits per heavy atom. The maximum absolute atomic E-state index is 13.3. The van der Waals surface area contributed by atoms with Crippen molar-refractivity contribution in [2.45, 2.75) is 13.8 Å². The van der Waals surface area contributed by atoms with Crippen LogP contribution in [0.2, 0.25) is 0 Å². The first-order valence-electron chi connectivity index (χ1n) is 11.4. The lowest BCUT2D eigenvalue weighted by atomic mass is 9.93. The van der Waals surface area contributed by atoms with Gasteiger partial charge in [-0.05, 0) is 55.3 Å². The van der Waals surface area contributed by atoms with Gasteiger partial charge in [-0.3, -0.25) is 14.2 Å². The molecule has 0 fully saturated rings. The van der Waals surface area contributed by atoms with Crippen molar-refractivity contribution in [1.29, 1.82) is 0 Å². The van der Waals surface area contributed by atoms with Crippen molar-refractivity contribution in [3.05, 3.63) is 94.3 Å². The normalized spacial score (nSPS) is 11.5. The minimum atomic E-state index is -0.648. The van der Waals surface area contributed by atoms with Crippen molar-refractivity contribution >= 4 is 38.6 Å². The van der Waals surface area contributed by atoms with Crippen molar-refractivity contribution in [3.63, 3.8) is 0 Å².